The highest BCUT2D eigenvalue weighted by molar-refractivity contribution is 5.87. The highest BCUT2D eigenvalue weighted by Gasteiger charge is 2.29. The lowest BCUT2D eigenvalue weighted by atomic mass is 9.83. The summed E-state index contributed by atoms with van der Waals surface area (Å²) in [5, 5.41) is 10.5. The van der Waals surface area contributed by atoms with E-state index in [1.54, 1.807) is 32.3 Å². The second kappa shape index (κ2) is 6.03. The fourth-order valence-corrected chi connectivity index (χ4v) is 2.05. The van der Waals surface area contributed by atoms with Crippen molar-refractivity contribution in [1.29, 1.82) is 0 Å². The minimum Gasteiger partial charge on any atom is -0.354 e. The number of rotatable bonds is 5. The molecule has 0 fully saturated rings. The van der Waals surface area contributed by atoms with E-state index in [1.807, 2.05) is 11.5 Å². The third-order valence-electron chi connectivity index (χ3n) is 3.56. The number of nitrogens with one attached hydrogen (secondary N) is 1. The van der Waals surface area contributed by atoms with Crippen molar-refractivity contribution in [3.8, 4) is 0 Å². The van der Waals surface area contributed by atoms with Gasteiger partial charge in [0.15, 0.2) is 0 Å². The molecule has 112 valence electrons. The zero-order chi connectivity index (χ0) is 15.5. The maximum atomic E-state index is 13.3. The molecule has 0 spiro atoms. The highest BCUT2D eigenvalue weighted by atomic mass is 19.1. The van der Waals surface area contributed by atoms with Crippen LogP contribution < -0.4 is 5.32 Å². The molecule has 2 rings (SSSR count). The average molecular weight is 290 g/mol. The summed E-state index contributed by atoms with van der Waals surface area (Å²) in [7, 11) is 0. The minimum absolute atomic E-state index is 0.140. The summed E-state index contributed by atoms with van der Waals surface area (Å²) in [6, 6.07) is 6.13. The molecule has 0 aliphatic carbocycles. The topological polar surface area (TPSA) is 59.8 Å². The first-order valence-corrected chi connectivity index (χ1v) is 6.80. The maximum Gasteiger partial charge on any atom is 0.230 e. The number of nitrogens with zero attached hydrogens (tertiary/aromatic N) is 3. The molecule has 0 bridgehead atoms. The molecule has 1 amide bonds. The first kappa shape index (κ1) is 15.2. The Morgan fingerprint density at radius 1 is 1.43 bits per heavy atom. The lowest BCUT2D eigenvalue weighted by Gasteiger charge is -2.24. The van der Waals surface area contributed by atoms with Crippen molar-refractivity contribution in [3.63, 3.8) is 0 Å². The first-order valence-electron chi connectivity index (χ1n) is 6.80. The summed E-state index contributed by atoms with van der Waals surface area (Å²) in [6.07, 6.45) is 1.62. The Morgan fingerprint density at radius 3 is 2.81 bits per heavy atom. The van der Waals surface area contributed by atoms with Crippen molar-refractivity contribution < 1.29 is 9.18 Å². The predicted molar refractivity (Wildman–Crippen MR) is 77.2 cm³/mol. The van der Waals surface area contributed by atoms with Crippen LogP contribution in [0.5, 0.6) is 0 Å². The van der Waals surface area contributed by atoms with E-state index < -0.39 is 5.41 Å². The van der Waals surface area contributed by atoms with Crippen LogP contribution in [0.25, 0.3) is 0 Å². The van der Waals surface area contributed by atoms with Crippen LogP contribution in [-0.4, -0.2) is 27.2 Å². The third-order valence-corrected chi connectivity index (χ3v) is 3.56. The molecule has 2 aromatic rings. The van der Waals surface area contributed by atoms with E-state index in [1.165, 1.54) is 12.1 Å². The summed E-state index contributed by atoms with van der Waals surface area (Å²) in [5.74, 6) is 0.320. The lowest BCUT2D eigenvalue weighted by Crippen LogP contribution is -2.41. The van der Waals surface area contributed by atoms with E-state index in [2.05, 4.69) is 15.5 Å². The van der Waals surface area contributed by atoms with Gasteiger partial charge in [-0.1, -0.05) is 12.1 Å². The molecule has 1 N–H and O–H groups in total. The largest absolute Gasteiger partial charge is 0.354 e. The molecule has 1 aromatic heterocycles. The van der Waals surface area contributed by atoms with Crippen molar-refractivity contribution in [1.82, 2.24) is 20.1 Å². The minimum atomic E-state index is -0.787. The summed E-state index contributed by atoms with van der Waals surface area (Å²) >= 11 is 0. The zero-order valence-corrected chi connectivity index (χ0v) is 12.4. The fraction of sp³-hybridized carbons (Fsp3) is 0.400. The van der Waals surface area contributed by atoms with Gasteiger partial charge in [0.25, 0.3) is 0 Å². The molecule has 1 heterocycles. The fourth-order valence-electron chi connectivity index (χ4n) is 2.05. The van der Waals surface area contributed by atoms with Gasteiger partial charge in [0.05, 0.1) is 5.41 Å². The Kier molecular flexibility index (Phi) is 4.35. The second-order valence-electron chi connectivity index (χ2n) is 5.46. The quantitative estimate of drug-likeness (QED) is 0.913. The lowest BCUT2D eigenvalue weighted by molar-refractivity contribution is -0.125. The summed E-state index contributed by atoms with van der Waals surface area (Å²) < 4.78 is 15.2. The van der Waals surface area contributed by atoms with Gasteiger partial charge in [-0.3, -0.25) is 4.79 Å². The number of hydrogen-bond acceptors (Lipinski definition) is 3. The number of carbonyl (C=O) groups is 1. The predicted octanol–water partition coefficient (Wildman–Crippen LogP) is 1.82. The van der Waals surface area contributed by atoms with E-state index in [-0.39, 0.29) is 11.7 Å². The third kappa shape index (κ3) is 3.45. The second-order valence-corrected chi connectivity index (χ2v) is 5.46. The molecule has 0 saturated heterocycles. The molecule has 21 heavy (non-hydrogen) atoms. The monoisotopic (exact) mass is 290 g/mol. The Bertz CT molecular complexity index is 636. The van der Waals surface area contributed by atoms with Crippen molar-refractivity contribution >= 4 is 5.91 Å². The number of amides is 1. The number of benzene rings is 1. The average Bonchev–Trinajstić information content (AvgIpc) is 2.84. The van der Waals surface area contributed by atoms with Crippen LogP contribution in [0, 0.1) is 12.7 Å². The molecule has 0 saturated carbocycles. The van der Waals surface area contributed by atoms with Crippen LogP contribution in [0.4, 0.5) is 4.39 Å². The summed E-state index contributed by atoms with van der Waals surface area (Å²) in [5.41, 5.74) is -0.134. The van der Waals surface area contributed by atoms with Gasteiger partial charge in [-0.15, -0.1) is 10.2 Å². The van der Waals surface area contributed by atoms with E-state index in [0.29, 0.717) is 18.7 Å². The zero-order valence-electron chi connectivity index (χ0n) is 12.4. The molecule has 0 aliphatic rings. The van der Waals surface area contributed by atoms with Gasteiger partial charge in [-0.05, 0) is 38.5 Å². The first-order chi connectivity index (χ1) is 9.91. The summed E-state index contributed by atoms with van der Waals surface area (Å²) in [6.45, 7) is 6.48. The van der Waals surface area contributed by atoms with Crippen LogP contribution in [-0.2, 0) is 16.8 Å². The van der Waals surface area contributed by atoms with Gasteiger partial charge in [0.2, 0.25) is 5.91 Å². The van der Waals surface area contributed by atoms with Gasteiger partial charge in [-0.25, -0.2) is 4.39 Å². The molecular weight excluding hydrogens is 271 g/mol. The number of aryl methyl sites for hydroxylation is 1. The number of aromatic nitrogens is 3. The smallest absolute Gasteiger partial charge is 0.230 e. The van der Waals surface area contributed by atoms with Gasteiger partial charge in [0.1, 0.15) is 18.0 Å². The van der Waals surface area contributed by atoms with Crippen molar-refractivity contribution in [2.24, 2.45) is 0 Å². The molecule has 0 atom stereocenters. The normalized spacial score (nSPS) is 11.4. The Morgan fingerprint density at radius 2 is 2.19 bits per heavy atom. The van der Waals surface area contributed by atoms with Crippen LogP contribution in [0.15, 0.2) is 30.6 Å². The van der Waals surface area contributed by atoms with Crippen molar-refractivity contribution in [2.45, 2.75) is 32.7 Å². The van der Waals surface area contributed by atoms with Gasteiger partial charge >= 0.3 is 0 Å². The molecule has 1 aromatic carbocycles. The van der Waals surface area contributed by atoms with Crippen LogP contribution >= 0.6 is 0 Å². The van der Waals surface area contributed by atoms with E-state index in [4.69, 9.17) is 0 Å². The standard InChI is InChI=1S/C15H19FN4O/c1-11-19-18-10-20(11)8-7-17-14(21)15(2,3)12-5-4-6-13(16)9-12/h4-6,9-10H,7-8H2,1-3H3,(H,17,21). The SMILES string of the molecule is Cc1nncn1CCNC(=O)C(C)(C)c1cccc(F)c1. The van der Waals surface area contributed by atoms with Gasteiger partial charge < -0.3 is 9.88 Å². The van der Waals surface area contributed by atoms with Gasteiger partial charge in [-0.2, -0.15) is 0 Å². The van der Waals surface area contributed by atoms with E-state index in [9.17, 15) is 9.18 Å². The number of carbonyl (C=O) groups excluding carboxylic acids is 1. The Hall–Kier alpha value is -2.24. The molecular formula is C15H19FN4O. The number of hydrogen-bond donors (Lipinski definition) is 1. The van der Waals surface area contributed by atoms with Gasteiger partial charge in [0, 0.05) is 13.1 Å². The molecule has 0 unspecified atom stereocenters. The molecule has 0 aliphatic heterocycles. The van der Waals surface area contributed by atoms with Crippen LogP contribution in [0.2, 0.25) is 0 Å². The Balaban J connectivity index is 1.97. The van der Waals surface area contributed by atoms with Crippen LogP contribution in [0.1, 0.15) is 25.2 Å². The molecule has 6 heteroatoms. The molecule has 5 nitrogen and oxygen atoms in total. The maximum absolute atomic E-state index is 13.3. The summed E-state index contributed by atoms with van der Waals surface area (Å²) in [4.78, 5) is 12.3. The van der Waals surface area contributed by atoms with Crippen LogP contribution in [0.3, 0.4) is 0 Å². The molecule has 0 radical (unpaired) electrons. The Labute approximate surface area is 123 Å². The van der Waals surface area contributed by atoms with E-state index in [0.717, 1.165) is 5.82 Å². The van der Waals surface area contributed by atoms with E-state index >= 15 is 0 Å². The highest BCUT2D eigenvalue weighted by Crippen LogP contribution is 2.23. The van der Waals surface area contributed by atoms with Crippen molar-refractivity contribution in [3.05, 3.63) is 47.8 Å². The van der Waals surface area contributed by atoms with Crippen molar-refractivity contribution in [2.75, 3.05) is 6.54 Å². The number of halogens is 1.